The summed E-state index contributed by atoms with van der Waals surface area (Å²) in [6.07, 6.45) is 1.47. The molecule has 104 valence electrons. The lowest BCUT2D eigenvalue weighted by atomic mass is 9.92. The number of carbonyl (C=O) groups excluding carboxylic acids is 1. The molecule has 1 fully saturated rings. The van der Waals surface area contributed by atoms with Gasteiger partial charge in [0.25, 0.3) is 0 Å². The standard InChI is InChI=1S/C12H22N2O4/c1-11(2,9(15)16)14(4)10(17)13-12(3)5-7-18-8-6-12/h5-8H2,1-4H3,(H,13,17)(H,15,16). The highest BCUT2D eigenvalue weighted by Crippen LogP contribution is 2.21. The summed E-state index contributed by atoms with van der Waals surface area (Å²) in [5, 5.41) is 12.0. The summed E-state index contributed by atoms with van der Waals surface area (Å²) in [4.78, 5) is 24.4. The van der Waals surface area contributed by atoms with Crippen LogP contribution in [0.15, 0.2) is 0 Å². The molecule has 1 saturated heterocycles. The molecular formula is C12H22N2O4. The third kappa shape index (κ3) is 3.13. The van der Waals surface area contributed by atoms with Gasteiger partial charge >= 0.3 is 12.0 Å². The van der Waals surface area contributed by atoms with Gasteiger partial charge in [0.05, 0.1) is 0 Å². The zero-order valence-corrected chi connectivity index (χ0v) is 11.4. The second-order valence-electron chi connectivity index (χ2n) is 5.53. The first kappa shape index (κ1) is 14.8. The average molecular weight is 258 g/mol. The average Bonchev–Trinajstić information content (AvgIpc) is 2.28. The molecule has 0 bridgehead atoms. The van der Waals surface area contributed by atoms with Crippen molar-refractivity contribution >= 4 is 12.0 Å². The van der Waals surface area contributed by atoms with Gasteiger partial charge in [-0.3, -0.25) is 0 Å². The number of ether oxygens (including phenoxy) is 1. The van der Waals surface area contributed by atoms with E-state index in [0.29, 0.717) is 13.2 Å². The third-order valence-corrected chi connectivity index (χ3v) is 3.67. The molecule has 0 saturated carbocycles. The van der Waals surface area contributed by atoms with Crippen molar-refractivity contribution in [3.8, 4) is 0 Å². The Morgan fingerprint density at radius 2 is 1.83 bits per heavy atom. The molecule has 6 heteroatoms. The minimum atomic E-state index is -1.23. The number of carbonyl (C=O) groups is 2. The van der Waals surface area contributed by atoms with E-state index < -0.39 is 11.5 Å². The number of carboxylic acids is 1. The van der Waals surface area contributed by atoms with Crippen LogP contribution in [0.2, 0.25) is 0 Å². The molecular weight excluding hydrogens is 236 g/mol. The number of carboxylic acid groups (broad SMARTS) is 1. The number of nitrogens with one attached hydrogen (secondary N) is 1. The van der Waals surface area contributed by atoms with Crippen molar-refractivity contribution in [1.29, 1.82) is 0 Å². The molecule has 0 atom stereocenters. The van der Waals surface area contributed by atoms with Gasteiger partial charge in [0.2, 0.25) is 0 Å². The smallest absolute Gasteiger partial charge is 0.329 e. The Kier molecular flexibility index (Phi) is 4.21. The van der Waals surface area contributed by atoms with Gasteiger partial charge < -0.3 is 20.1 Å². The molecule has 0 aromatic carbocycles. The maximum atomic E-state index is 12.1. The zero-order valence-electron chi connectivity index (χ0n) is 11.4. The molecule has 0 unspecified atom stereocenters. The van der Waals surface area contributed by atoms with Gasteiger partial charge in [0, 0.05) is 25.8 Å². The van der Waals surface area contributed by atoms with Gasteiger partial charge in [-0.1, -0.05) is 0 Å². The summed E-state index contributed by atoms with van der Waals surface area (Å²) in [6, 6.07) is -0.369. The lowest BCUT2D eigenvalue weighted by Gasteiger charge is -2.38. The molecule has 1 aliphatic rings. The molecule has 18 heavy (non-hydrogen) atoms. The molecule has 0 aromatic rings. The van der Waals surface area contributed by atoms with E-state index in [4.69, 9.17) is 9.84 Å². The Balaban J connectivity index is 2.67. The molecule has 0 aliphatic carbocycles. The molecule has 1 rings (SSSR count). The van der Waals surface area contributed by atoms with E-state index in [9.17, 15) is 9.59 Å². The predicted molar refractivity (Wildman–Crippen MR) is 66.5 cm³/mol. The lowest BCUT2D eigenvalue weighted by Crippen LogP contribution is -2.59. The number of hydrogen-bond acceptors (Lipinski definition) is 3. The summed E-state index contributed by atoms with van der Waals surface area (Å²) in [6.45, 7) is 6.18. The van der Waals surface area contributed by atoms with Crippen LogP contribution >= 0.6 is 0 Å². The minimum Gasteiger partial charge on any atom is -0.480 e. The number of likely N-dealkylation sites (N-methyl/N-ethyl adjacent to an activating group) is 1. The van der Waals surface area contributed by atoms with Gasteiger partial charge in [-0.2, -0.15) is 0 Å². The minimum absolute atomic E-state index is 0.321. The number of rotatable bonds is 3. The van der Waals surface area contributed by atoms with Gasteiger partial charge in [-0.15, -0.1) is 0 Å². The molecule has 0 aromatic heterocycles. The van der Waals surface area contributed by atoms with Crippen molar-refractivity contribution in [3.05, 3.63) is 0 Å². The highest BCUT2D eigenvalue weighted by atomic mass is 16.5. The van der Waals surface area contributed by atoms with Crippen molar-refractivity contribution < 1.29 is 19.4 Å². The quantitative estimate of drug-likeness (QED) is 0.793. The number of amides is 2. The second-order valence-corrected chi connectivity index (χ2v) is 5.53. The Morgan fingerprint density at radius 3 is 2.28 bits per heavy atom. The van der Waals surface area contributed by atoms with Gasteiger partial charge in [-0.05, 0) is 33.6 Å². The highest BCUT2D eigenvalue weighted by Gasteiger charge is 2.38. The van der Waals surface area contributed by atoms with Crippen LogP contribution in [0.3, 0.4) is 0 Å². The Hall–Kier alpha value is -1.30. The van der Waals surface area contributed by atoms with Gasteiger partial charge in [0.15, 0.2) is 0 Å². The van der Waals surface area contributed by atoms with Crippen LogP contribution in [-0.4, -0.2) is 53.3 Å². The highest BCUT2D eigenvalue weighted by molar-refractivity contribution is 5.85. The second kappa shape index (κ2) is 5.14. The van der Waals surface area contributed by atoms with Crippen molar-refractivity contribution in [2.75, 3.05) is 20.3 Å². The topological polar surface area (TPSA) is 78.9 Å². The molecule has 2 amide bonds. The SMILES string of the molecule is CN(C(=O)NC1(C)CCOCC1)C(C)(C)C(=O)O. The number of hydrogen-bond donors (Lipinski definition) is 2. The van der Waals surface area contributed by atoms with Crippen LogP contribution in [0.1, 0.15) is 33.6 Å². The number of urea groups is 1. The van der Waals surface area contributed by atoms with E-state index in [-0.39, 0.29) is 11.6 Å². The monoisotopic (exact) mass is 258 g/mol. The van der Waals surface area contributed by atoms with Crippen molar-refractivity contribution in [1.82, 2.24) is 10.2 Å². The van der Waals surface area contributed by atoms with Crippen molar-refractivity contribution in [2.24, 2.45) is 0 Å². The predicted octanol–water partition coefficient (Wildman–Crippen LogP) is 1.06. The fraction of sp³-hybridized carbons (Fsp3) is 0.833. The summed E-state index contributed by atoms with van der Waals surface area (Å²) >= 11 is 0. The van der Waals surface area contributed by atoms with Crippen LogP contribution < -0.4 is 5.32 Å². The third-order valence-electron chi connectivity index (χ3n) is 3.67. The van der Waals surface area contributed by atoms with E-state index in [0.717, 1.165) is 12.8 Å². The van der Waals surface area contributed by atoms with Crippen molar-refractivity contribution in [3.63, 3.8) is 0 Å². The normalized spacial score (nSPS) is 19.1. The Bertz CT molecular complexity index is 335. The van der Waals surface area contributed by atoms with Gasteiger partial charge in [0.1, 0.15) is 5.54 Å². The molecule has 0 spiro atoms. The molecule has 6 nitrogen and oxygen atoms in total. The van der Waals surface area contributed by atoms with Crippen LogP contribution in [-0.2, 0) is 9.53 Å². The van der Waals surface area contributed by atoms with Crippen LogP contribution in [0, 0.1) is 0 Å². The zero-order chi connectivity index (χ0) is 14.0. The summed E-state index contributed by atoms with van der Waals surface area (Å²) < 4.78 is 5.25. The molecule has 1 heterocycles. The molecule has 0 radical (unpaired) electrons. The maximum absolute atomic E-state index is 12.1. The lowest BCUT2D eigenvalue weighted by molar-refractivity contribution is -0.147. The van der Waals surface area contributed by atoms with Crippen LogP contribution in [0.4, 0.5) is 4.79 Å². The van der Waals surface area contributed by atoms with E-state index in [2.05, 4.69) is 5.32 Å². The van der Waals surface area contributed by atoms with Gasteiger partial charge in [-0.25, -0.2) is 9.59 Å². The first-order valence-electron chi connectivity index (χ1n) is 6.06. The van der Waals surface area contributed by atoms with E-state index in [1.165, 1.54) is 25.8 Å². The molecule has 2 N–H and O–H groups in total. The fourth-order valence-electron chi connectivity index (χ4n) is 1.69. The van der Waals surface area contributed by atoms with E-state index >= 15 is 0 Å². The largest absolute Gasteiger partial charge is 0.480 e. The fourth-order valence-corrected chi connectivity index (χ4v) is 1.69. The Labute approximate surface area is 107 Å². The maximum Gasteiger partial charge on any atom is 0.329 e. The summed E-state index contributed by atoms with van der Waals surface area (Å²) in [7, 11) is 1.49. The van der Waals surface area contributed by atoms with Crippen LogP contribution in [0.25, 0.3) is 0 Å². The van der Waals surface area contributed by atoms with Crippen molar-refractivity contribution in [2.45, 2.75) is 44.7 Å². The van der Waals surface area contributed by atoms with E-state index in [1.54, 1.807) is 0 Å². The number of nitrogens with zero attached hydrogens (tertiary/aromatic N) is 1. The van der Waals surface area contributed by atoms with E-state index in [1.807, 2.05) is 6.92 Å². The molecule has 1 aliphatic heterocycles. The first-order chi connectivity index (χ1) is 8.19. The Morgan fingerprint density at radius 1 is 1.33 bits per heavy atom. The number of aliphatic carboxylic acids is 1. The first-order valence-corrected chi connectivity index (χ1v) is 6.06. The summed E-state index contributed by atoms with van der Waals surface area (Å²) in [5.74, 6) is -1.03. The summed E-state index contributed by atoms with van der Waals surface area (Å²) in [5.41, 5.74) is -1.55. The van der Waals surface area contributed by atoms with Crippen LogP contribution in [0.5, 0.6) is 0 Å².